The molecule has 0 bridgehead atoms. The summed E-state index contributed by atoms with van der Waals surface area (Å²) in [5, 5.41) is 16.3. The van der Waals surface area contributed by atoms with E-state index in [2.05, 4.69) is 16.0 Å². The van der Waals surface area contributed by atoms with Crippen molar-refractivity contribution in [2.75, 3.05) is 26.2 Å². The molecule has 4 N–H and O–H groups in total. The zero-order valence-corrected chi connectivity index (χ0v) is 19.0. The van der Waals surface area contributed by atoms with E-state index in [9.17, 15) is 19.2 Å². The standard InChI is InChI=1S/C25H29N3O6/c1-2-7-16(24(31)32)12-26-22(29)13-27-23(30)14-28-25(33)34-15-21-19-10-5-3-8-17(19)18-9-4-6-11-20(18)21/h3-6,8-11,16,21H,2,7,12-15H2,1H3,(H,26,29)(H,27,30)(H,28,33)(H,31,32). The highest BCUT2D eigenvalue weighted by Crippen LogP contribution is 2.44. The summed E-state index contributed by atoms with van der Waals surface area (Å²) in [6, 6.07) is 16.0. The summed E-state index contributed by atoms with van der Waals surface area (Å²) in [7, 11) is 0. The van der Waals surface area contributed by atoms with Gasteiger partial charge >= 0.3 is 12.1 Å². The summed E-state index contributed by atoms with van der Waals surface area (Å²) in [6.07, 6.45) is 0.405. The maximum absolute atomic E-state index is 12.1. The molecule has 0 aliphatic heterocycles. The largest absolute Gasteiger partial charge is 0.481 e. The number of aliphatic carboxylic acids is 1. The van der Waals surface area contributed by atoms with Gasteiger partial charge in [0.1, 0.15) is 13.2 Å². The average Bonchev–Trinajstić information content (AvgIpc) is 3.16. The van der Waals surface area contributed by atoms with Crippen molar-refractivity contribution in [1.82, 2.24) is 16.0 Å². The minimum atomic E-state index is -0.974. The number of nitrogens with one attached hydrogen (secondary N) is 3. The van der Waals surface area contributed by atoms with Gasteiger partial charge < -0.3 is 25.8 Å². The van der Waals surface area contributed by atoms with Gasteiger partial charge in [-0.25, -0.2) is 4.79 Å². The van der Waals surface area contributed by atoms with E-state index >= 15 is 0 Å². The summed E-state index contributed by atoms with van der Waals surface area (Å²) < 4.78 is 5.36. The van der Waals surface area contributed by atoms with Crippen LogP contribution in [0.2, 0.25) is 0 Å². The second-order valence-corrected chi connectivity index (χ2v) is 8.08. The summed E-state index contributed by atoms with van der Waals surface area (Å²) >= 11 is 0. The SMILES string of the molecule is CCCC(CNC(=O)CNC(=O)CNC(=O)OCC1c2ccccc2-c2ccccc21)C(=O)O. The maximum atomic E-state index is 12.1. The van der Waals surface area contributed by atoms with E-state index in [4.69, 9.17) is 9.84 Å². The minimum absolute atomic E-state index is 0.00409. The monoisotopic (exact) mass is 467 g/mol. The number of hydrogen-bond acceptors (Lipinski definition) is 5. The Hall–Kier alpha value is -3.88. The van der Waals surface area contributed by atoms with Gasteiger partial charge in [0.25, 0.3) is 0 Å². The molecule has 9 heteroatoms. The topological polar surface area (TPSA) is 134 Å². The van der Waals surface area contributed by atoms with Crippen molar-refractivity contribution in [3.05, 3.63) is 59.7 Å². The zero-order chi connectivity index (χ0) is 24.5. The number of carboxylic acids is 1. The Kier molecular flexibility index (Phi) is 8.61. The van der Waals surface area contributed by atoms with Gasteiger partial charge in [-0.1, -0.05) is 61.9 Å². The Morgan fingerprint density at radius 3 is 2.03 bits per heavy atom. The Balaban J connectivity index is 1.39. The van der Waals surface area contributed by atoms with Crippen LogP contribution in [-0.2, 0) is 19.1 Å². The van der Waals surface area contributed by atoms with Gasteiger partial charge in [0.05, 0.1) is 12.5 Å². The fourth-order valence-electron chi connectivity index (χ4n) is 4.00. The van der Waals surface area contributed by atoms with E-state index in [0.29, 0.717) is 12.8 Å². The molecule has 1 aliphatic carbocycles. The summed E-state index contributed by atoms with van der Waals surface area (Å²) in [5.74, 6) is -2.79. The van der Waals surface area contributed by atoms with Crippen molar-refractivity contribution < 1.29 is 29.0 Å². The van der Waals surface area contributed by atoms with Crippen molar-refractivity contribution in [1.29, 1.82) is 0 Å². The average molecular weight is 468 g/mol. The molecule has 2 aromatic rings. The van der Waals surface area contributed by atoms with E-state index in [1.165, 1.54) is 0 Å². The summed E-state index contributed by atoms with van der Waals surface area (Å²) in [5.41, 5.74) is 4.41. The number of ether oxygens (including phenoxy) is 1. The molecular formula is C25H29N3O6. The first-order valence-electron chi connectivity index (χ1n) is 11.3. The second kappa shape index (κ2) is 11.8. The van der Waals surface area contributed by atoms with Crippen LogP contribution in [-0.4, -0.2) is 55.2 Å². The quantitative estimate of drug-likeness (QED) is 0.401. The number of benzene rings is 2. The molecule has 34 heavy (non-hydrogen) atoms. The molecule has 1 unspecified atom stereocenters. The van der Waals surface area contributed by atoms with E-state index in [1.54, 1.807) is 0 Å². The lowest BCUT2D eigenvalue weighted by atomic mass is 9.98. The van der Waals surface area contributed by atoms with Gasteiger partial charge in [-0.05, 0) is 28.7 Å². The number of carbonyl (C=O) groups is 4. The van der Waals surface area contributed by atoms with Crippen LogP contribution in [0.4, 0.5) is 4.79 Å². The molecule has 9 nitrogen and oxygen atoms in total. The molecule has 0 spiro atoms. The molecule has 0 heterocycles. The summed E-state index contributed by atoms with van der Waals surface area (Å²) in [6.45, 7) is 1.32. The highest BCUT2D eigenvalue weighted by atomic mass is 16.5. The fourth-order valence-corrected chi connectivity index (χ4v) is 4.00. The number of amides is 3. The first-order chi connectivity index (χ1) is 16.4. The van der Waals surface area contributed by atoms with E-state index in [1.807, 2.05) is 55.5 Å². The second-order valence-electron chi connectivity index (χ2n) is 8.08. The van der Waals surface area contributed by atoms with Crippen molar-refractivity contribution in [3.8, 4) is 11.1 Å². The van der Waals surface area contributed by atoms with Crippen molar-refractivity contribution >= 4 is 23.9 Å². The third-order valence-corrected chi connectivity index (χ3v) is 5.72. The number of hydrogen-bond donors (Lipinski definition) is 4. The highest BCUT2D eigenvalue weighted by Gasteiger charge is 2.29. The van der Waals surface area contributed by atoms with Crippen LogP contribution in [0.25, 0.3) is 11.1 Å². The van der Waals surface area contributed by atoms with Crippen LogP contribution in [0.15, 0.2) is 48.5 Å². The van der Waals surface area contributed by atoms with Gasteiger partial charge in [0.2, 0.25) is 11.8 Å². The fraction of sp³-hybridized carbons (Fsp3) is 0.360. The van der Waals surface area contributed by atoms with Crippen LogP contribution in [0, 0.1) is 5.92 Å². The number of rotatable bonds is 11. The van der Waals surface area contributed by atoms with Gasteiger partial charge in [-0.2, -0.15) is 0 Å². The molecule has 0 aromatic heterocycles. The number of carbonyl (C=O) groups excluding carboxylic acids is 3. The van der Waals surface area contributed by atoms with Crippen molar-refractivity contribution in [2.24, 2.45) is 5.92 Å². The lowest BCUT2D eigenvalue weighted by Gasteiger charge is -2.15. The lowest BCUT2D eigenvalue weighted by molar-refractivity contribution is -0.142. The van der Waals surface area contributed by atoms with Crippen LogP contribution in [0.5, 0.6) is 0 Å². The molecule has 1 atom stereocenters. The predicted octanol–water partition coefficient (Wildman–Crippen LogP) is 2.26. The van der Waals surface area contributed by atoms with Gasteiger partial charge in [0, 0.05) is 12.5 Å². The molecule has 3 amide bonds. The molecule has 0 radical (unpaired) electrons. The first kappa shape index (κ1) is 24.8. The smallest absolute Gasteiger partial charge is 0.407 e. The molecule has 180 valence electrons. The predicted molar refractivity (Wildman–Crippen MR) is 125 cm³/mol. The van der Waals surface area contributed by atoms with Gasteiger partial charge in [0.15, 0.2) is 0 Å². The van der Waals surface area contributed by atoms with E-state index in [-0.39, 0.29) is 32.2 Å². The normalized spacial score (nSPS) is 12.7. The van der Waals surface area contributed by atoms with Gasteiger partial charge in [-0.15, -0.1) is 0 Å². The molecule has 1 aliphatic rings. The molecule has 2 aromatic carbocycles. The van der Waals surface area contributed by atoms with E-state index < -0.39 is 29.8 Å². The highest BCUT2D eigenvalue weighted by molar-refractivity contribution is 5.87. The van der Waals surface area contributed by atoms with Gasteiger partial charge in [-0.3, -0.25) is 14.4 Å². The van der Waals surface area contributed by atoms with Crippen LogP contribution in [0.1, 0.15) is 36.8 Å². The van der Waals surface area contributed by atoms with Crippen LogP contribution in [0.3, 0.4) is 0 Å². The molecular weight excluding hydrogens is 438 g/mol. The third kappa shape index (κ3) is 6.34. The minimum Gasteiger partial charge on any atom is -0.481 e. The molecule has 0 fully saturated rings. The lowest BCUT2D eigenvalue weighted by Crippen LogP contribution is -2.43. The van der Waals surface area contributed by atoms with Crippen molar-refractivity contribution in [2.45, 2.75) is 25.7 Å². The Labute approximate surface area is 197 Å². The Morgan fingerprint density at radius 1 is 0.882 bits per heavy atom. The molecule has 3 rings (SSSR count). The zero-order valence-electron chi connectivity index (χ0n) is 19.0. The third-order valence-electron chi connectivity index (χ3n) is 5.72. The molecule has 0 saturated carbocycles. The number of alkyl carbamates (subject to hydrolysis) is 1. The number of fused-ring (bicyclic) bond motifs is 3. The Bertz CT molecular complexity index is 1010. The van der Waals surface area contributed by atoms with Crippen molar-refractivity contribution in [3.63, 3.8) is 0 Å². The maximum Gasteiger partial charge on any atom is 0.407 e. The van der Waals surface area contributed by atoms with Crippen LogP contribution < -0.4 is 16.0 Å². The molecule has 0 saturated heterocycles. The summed E-state index contributed by atoms with van der Waals surface area (Å²) in [4.78, 5) is 47.0. The number of carboxylic acid groups (broad SMARTS) is 1. The van der Waals surface area contributed by atoms with Crippen LogP contribution >= 0.6 is 0 Å². The first-order valence-corrected chi connectivity index (χ1v) is 11.3. The van der Waals surface area contributed by atoms with E-state index in [0.717, 1.165) is 22.3 Å². The Morgan fingerprint density at radius 2 is 1.44 bits per heavy atom.